The second kappa shape index (κ2) is 3.75. The molecule has 0 heterocycles. The first-order valence-corrected chi connectivity index (χ1v) is 3.30. The number of carboxylic acids is 2. The lowest BCUT2D eigenvalue weighted by molar-refractivity contribution is -0.139. The highest BCUT2D eigenvalue weighted by Gasteiger charge is 2.18. The molecule has 0 fully saturated rings. The first-order chi connectivity index (χ1) is 5.37. The highest BCUT2D eigenvalue weighted by atomic mass is 16.4. The number of hydrogen-bond donors (Lipinski definition) is 3. The standard InChI is InChI=1S/C7H11NO4/c1-3(6(9)10)5(8)4(2)7(11)12/h3H,8H2,1-2H3,(H,9,10)(H,11,12). The fourth-order valence-corrected chi connectivity index (χ4v) is 0.581. The monoisotopic (exact) mass is 173 g/mol. The van der Waals surface area contributed by atoms with Crippen LogP contribution in [0.1, 0.15) is 13.8 Å². The summed E-state index contributed by atoms with van der Waals surface area (Å²) < 4.78 is 0. The van der Waals surface area contributed by atoms with Crippen molar-refractivity contribution in [1.29, 1.82) is 0 Å². The molecule has 0 spiro atoms. The van der Waals surface area contributed by atoms with Crippen LogP contribution >= 0.6 is 0 Å². The zero-order chi connectivity index (χ0) is 9.89. The maximum Gasteiger partial charge on any atom is 0.333 e. The lowest BCUT2D eigenvalue weighted by Gasteiger charge is -2.07. The Hall–Kier alpha value is -1.52. The van der Waals surface area contributed by atoms with E-state index in [4.69, 9.17) is 15.9 Å². The van der Waals surface area contributed by atoms with Crippen molar-refractivity contribution in [1.82, 2.24) is 0 Å². The van der Waals surface area contributed by atoms with Crippen LogP contribution in [0.15, 0.2) is 11.3 Å². The van der Waals surface area contributed by atoms with Crippen molar-refractivity contribution in [3.05, 3.63) is 11.3 Å². The molecule has 0 rings (SSSR count). The Kier molecular flexibility index (Phi) is 3.28. The molecule has 0 bridgehead atoms. The molecule has 1 atom stereocenters. The zero-order valence-corrected chi connectivity index (χ0v) is 6.87. The molecule has 0 aromatic carbocycles. The van der Waals surface area contributed by atoms with Crippen molar-refractivity contribution in [3.8, 4) is 0 Å². The topological polar surface area (TPSA) is 101 Å². The third kappa shape index (κ3) is 2.26. The number of hydrogen-bond acceptors (Lipinski definition) is 3. The van der Waals surface area contributed by atoms with E-state index in [9.17, 15) is 9.59 Å². The minimum Gasteiger partial charge on any atom is -0.481 e. The summed E-state index contributed by atoms with van der Waals surface area (Å²) >= 11 is 0. The van der Waals surface area contributed by atoms with Gasteiger partial charge in [0.1, 0.15) is 0 Å². The van der Waals surface area contributed by atoms with Gasteiger partial charge in [0, 0.05) is 5.70 Å². The molecule has 0 aliphatic carbocycles. The molecular weight excluding hydrogens is 162 g/mol. The molecule has 0 saturated carbocycles. The van der Waals surface area contributed by atoms with E-state index in [2.05, 4.69) is 0 Å². The molecule has 12 heavy (non-hydrogen) atoms. The van der Waals surface area contributed by atoms with Gasteiger partial charge >= 0.3 is 11.9 Å². The second-order valence-corrected chi connectivity index (χ2v) is 2.45. The SMILES string of the molecule is CC(C(=O)O)=C(N)C(C)C(=O)O. The molecule has 1 unspecified atom stereocenters. The predicted octanol–water partition coefficient (Wildman–Crippen LogP) is 0.0244. The average Bonchev–Trinajstić information content (AvgIpc) is 2.00. The Labute approximate surface area is 69.5 Å². The normalized spacial score (nSPS) is 14.8. The summed E-state index contributed by atoms with van der Waals surface area (Å²) in [6, 6.07) is 0. The molecule has 0 aliphatic heterocycles. The average molecular weight is 173 g/mol. The Balaban J connectivity index is 4.78. The van der Waals surface area contributed by atoms with Gasteiger partial charge in [-0.2, -0.15) is 0 Å². The van der Waals surface area contributed by atoms with Crippen LogP contribution in [0, 0.1) is 5.92 Å². The van der Waals surface area contributed by atoms with Crippen LogP contribution in [0.4, 0.5) is 0 Å². The summed E-state index contributed by atoms with van der Waals surface area (Å²) in [5.74, 6) is -3.28. The second-order valence-electron chi connectivity index (χ2n) is 2.45. The van der Waals surface area contributed by atoms with Crippen LogP contribution in [-0.4, -0.2) is 22.2 Å². The van der Waals surface area contributed by atoms with Gasteiger partial charge in [-0.15, -0.1) is 0 Å². The molecule has 5 heteroatoms. The number of nitrogens with two attached hydrogens (primary N) is 1. The van der Waals surface area contributed by atoms with Crippen LogP contribution in [0.25, 0.3) is 0 Å². The summed E-state index contributed by atoms with van der Waals surface area (Å²) in [5.41, 5.74) is 5.04. The Morgan fingerprint density at radius 2 is 1.75 bits per heavy atom. The minimum absolute atomic E-state index is 0.116. The largest absolute Gasteiger partial charge is 0.481 e. The molecule has 0 radical (unpaired) electrons. The maximum atomic E-state index is 10.4. The lowest BCUT2D eigenvalue weighted by Crippen LogP contribution is -2.21. The highest BCUT2D eigenvalue weighted by molar-refractivity contribution is 5.88. The Morgan fingerprint density at radius 3 is 2.00 bits per heavy atom. The third-order valence-corrected chi connectivity index (χ3v) is 1.59. The van der Waals surface area contributed by atoms with Crippen molar-refractivity contribution in [2.75, 3.05) is 0 Å². The predicted molar refractivity (Wildman–Crippen MR) is 41.3 cm³/mol. The smallest absolute Gasteiger partial charge is 0.333 e. The number of carbonyl (C=O) groups is 2. The first-order valence-electron chi connectivity index (χ1n) is 3.30. The van der Waals surface area contributed by atoms with Gasteiger partial charge in [-0.25, -0.2) is 4.79 Å². The van der Waals surface area contributed by atoms with Crippen molar-refractivity contribution in [2.45, 2.75) is 13.8 Å². The number of rotatable bonds is 3. The number of carboxylic acid groups (broad SMARTS) is 2. The molecule has 68 valence electrons. The molecule has 0 aromatic heterocycles. The van der Waals surface area contributed by atoms with E-state index in [1.165, 1.54) is 13.8 Å². The van der Waals surface area contributed by atoms with E-state index in [-0.39, 0.29) is 11.3 Å². The van der Waals surface area contributed by atoms with Gasteiger partial charge in [-0.3, -0.25) is 4.79 Å². The molecule has 0 aromatic rings. The van der Waals surface area contributed by atoms with Gasteiger partial charge in [0.25, 0.3) is 0 Å². The van der Waals surface area contributed by atoms with E-state index < -0.39 is 17.9 Å². The van der Waals surface area contributed by atoms with Crippen LogP contribution in [0.5, 0.6) is 0 Å². The van der Waals surface area contributed by atoms with E-state index in [0.717, 1.165) is 0 Å². The van der Waals surface area contributed by atoms with Crippen molar-refractivity contribution in [3.63, 3.8) is 0 Å². The highest BCUT2D eigenvalue weighted by Crippen LogP contribution is 2.09. The van der Waals surface area contributed by atoms with E-state index in [0.29, 0.717) is 0 Å². The Morgan fingerprint density at radius 1 is 1.33 bits per heavy atom. The maximum absolute atomic E-state index is 10.4. The molecule has 0 saturated heterocycles. The first kappa shape index (κ1) is 10.5. The van der Waals surface area contributed by atoms with E-state index in [1.807, 2.05) is 0 Å². The van der Waals surface area contributed by atoms with Gasteiger partial charge in [0.2, 0.25) is 0 Å². The molecule has 5 nitrogen and oxygen atoms in total. The van der Waals surface area contributed by atoms with E-state index in [1.54, 1.807) is 0 Å². The Bertz CT molecular complexity index is 244. The molecule has 0 aliphatic rings. The van der Waals surface area contributed by atoms with Crippen molar-refractivity contribution >= 4 is 11.9 Å². The van der Waals surface area contributed by atoms with Crippen molar-refractivity contribution < 1.29 is 19.8 Å². The van der Waals surface area contributed by atoms with Crippen LogP contribution in [0.3, 0.4) is 0 Å². The summed E-state index contributed by atoms with van der Waals surface area (Å²) in [4.78, 5) is 20.7. The molecular formula is C7H11NO4. The van der Waals surface area contributed by atoms with Gasteiger partial charge < -0.3 is 15.9 Å². The summed E-state index contributed by atoms with van der Waals surface area (Å²) in [5, 5.41) is 16.9. The van der Waals surface area contributed by atoms with Gasteiger partial charge in [-0.1, -0.05) is 0 Å². The zero-order valence-electron chi connectivity index (χ0n) is 6.87. The third-order valence-electron chi connectivity index (χ3n) is 1.59. The van der Waals surface area contributed by atoms with E-state index >= 15 is 0 Å². The van der Waals surface area contributed by atoms with Gasteiger partial charge in [-0.05, 0) is 13.8 Å². The summed E-state index contributed by atoms with van der Waals surface area (Å²) in [6.07, 6.45) is 0. The number of aliphatic carboxylic acids is 2. The van der Waals surface area contributed by atoms with Crippen LogP contribution in [0.2, 0.25) is 0 Å². The van der Waals surface area contributed by atoms with Gasteiger partial charge in [0.05, 0.1) is 11.5 Å². The van der Waals surface area contributed by atoms with Crippen molar-refractivity contribution in [2.24, 2.45) is 11.7 Å². The van der Waals surface area contributed by atoms with Gasteiger partial charge in [0.15, 0.2) is 0 Å². The quantitative estimate of drug-likeness (QED) is 0.522. The molecule has 4 N–H and O–H groups in total. The van der Waals surface area contributed by atoms with Crippen LogP contribution in [-0.2, 0) is 9.59 Å². The minimum atomic E-state index is -1.19. The summed E-state index contributed by atoms with van der Waals surface area (Å²) in [7, 11) is 0. The van der Waals surface area contributed by atoms with Crippen LogP contribution < -0.4 is 5.73 Å². The summed E-state index contributed by atoms with van der Waals surface area (Å²) in [6.45, 7) is 2.61. The lowest BCUT2D eigenvalue weighted by atomic mass is 10.0. The fraction of sp³-hybridized carbons (Fsp3) is 0.429. The fourth-order valence-electron chi connectivity index (χ4n) is 0.581. The molecule has 0 amide bonds.